The summed E-state index contributed by atoms with van der Waals surface area (Å²) in [5, 5.41) is 5.48. The minimum Gasteiger partial charge on any atom is -0.354 e. The van der Waals surface area contributed by atoms with E-state index in [0.717, 1.165) is 5.56 Å². The number of nitrogens with one attached hydrogen (secondary N) is 2. The Kier molecular flexibility index (Phi) is 5.96. The molecule has 0 atom stereocenters. The highest BCUT2D eigenvalue weighted by molar-refractivity contribution is 6.29. The fourth-order valence-corrected chi connectivity index (χ4v) is 2.87. The number of benzene rings is 1. The van der Waals surface area contributed by atoms with E-state index in [2.05, 4.69) is 20.6 Å². The minimum atomic E-state index is -0.399. The Morgan fingerprint density at radius 2 is 1.86 bits per heavy atom. The number of nitrogens with zero attached hydrogens (tertiary/aromatic N) is 2. The van der Waals surface area contributed by atoms with Crippen LogP contribution in [0.2, 0.25) is 5.15 Å². The number of hydrogen-bond donors (Lipinski definition) is 2. The van der Waals surface area contributed by atoms with E-state index in [4.69, 9.17) is 11.6 Å². The number of amides is 2. The van der Waals surface area contributed by atoms with Gasteiger partial charge >= 0.3 is 0 Å². The largest absolute Gasteiger partial charge is 0.354 e. The predicted octanol–water partition coefficient (Wildman–Crippen LogP) is 2.57. The summed E-state index contributed by atoms with van der Waals surface area (Å²) in [6.07, 6.45) is 3.52. The third kappa shape index (κ3) is 4.50. The fraction of sp³-hybridized carbons (Fsp3) is 0.150. The van der Waals surface area contributed by atoms with E-state index in [1.165, 1.54) is 25.5 Å². The van der Waals surface area contributed by atoms with Crippen molar-refractivity contribution >= 4 is 41.1 Å². The Morgan fingerprint density at radius 3 is 2.54 bits per heavy atom. The number of rotatable bonds is 6. The average molecular weight is 397 g/mol. The number of halogens is 1. The molecule has 7 nitrogen and oxygen atoms in total. The average Bonchev–Trinajstić information content (AvgIpc) is 3.19. The van der Waals surface area contributed by atoms with Crippen LogP contribution in [-0.4, -0.2) is 35.8 Å². The molecule has 3 rings (SSSR count). The van der Waals surface area contributed by atoms with Gasteiger partial charge in [-0.1, -0.05) is 23.7 Å². The zero-order chi connectivity index (χ0) is 20.1. The molecule has 1 aromatic heterocycles. The highest BCUT2D eigenvalue weighted by Gasteiger charge is 2.23. The lowest BCUT2D eigenvalue weighted by Crippen LogP contribution is -2.23. The summed E-state index contributed by atoms with van der Waals surface area (Å²) >= 11 is 5.81. The third-order valence-electron chi connectivity index (χ3n) is 4.14. The summed E-state index contributed by atoms with van der Waals surface area (Å²) in [6.45, 7) is 0. The van der Waals surface area contributed by atoms with Gasteiger partial charge in [-0.2, -0.15) is 0 Å². The molecule has 1 aliphatic heterocycles. The second-order valence-electron chi connectivity index (χ2n) is 6.04. The van der Waals surface area contributed by atoms with Crippen molar-refractivity contribution in [3.63, 3.8) is 0 Å². The van der Waals surface area contributed by atoms with Crippen LogP contribution in [0, 0.1) is 0 Å². The maximum atomic E-state index is 12.4. The van der Waals surface area contributed by atoms with Crippen LogP contribution >= 0.6 is 11.6 Å². The Hall–Kier alpha value is -3.32. The van der Waals surface area contributed by atoms with Crippen LogP contribution < -0.4 is 10.6 Å². The second-order valence-corrected chi connectivity index (χ2v) is 6.43. The van der Waals surface area contributed by atoms with Crippen molar-refractivity contribution in [3.8, 4) is 0 Å². The number of anilines is 1. The first kappa shape index (κ1) is 19.4. The number of Topliss-reactive ketones (excluding diaryl/α,β-unsaturated/α-hetero) is 1. The van der Waals surface area contributed by atoms with E-state index in [1.54, 1.807) is 30.3 Å². The lowest BCUT2D eigenvalue weighted by molar-refractivity contribution is -0.118. The van der Waals surface area contributed by atoms with Gasteiger partial charge in [0.1, 0.15) is 10.9 Å². The van der Waals surface area contributed by atoms with Crippen LogP contribution in [0.5, 0.6) is 0 Å². The summed E-state index contributed by atoms with van der Waals surface area (Å²) in [7, 11) is 1.48. The van der Waals surface area contributed by atoms with Crippen LogP contribution in [-0.2, 0) is 16.0 Å². The Labute approximate surface area is 166 Å². The van der Waals surface area contributed by atoms with E-state index >= 15 is 0 Å². The smallest absolute Gasteiger partial charge is 0.270 e. The van der Waals surface area contributed by atoms with Crippen molar-refractivity contribution in [1.29, 1.82) is 0 Å². The van der Waals surface area contributed by atoms with Crippen LogP contribution in [0.15, 0.2) is 58.9 Å². The van der Waals surface area contributed by atoms with Gasteiger partial charge in [-0.3, -0.25) is 19.4 Å². The van der Waals surface area contributed by atoms with Gasteiger partial charge in [0.05, 0.1) is 5.57 Å². The van der Waals surface area contributed by atoms with E-state index in [-0.39, 0.29) is 29.0 Å². The fourth-order valence-electron chi connectivity index (χ4n) is 2.69. The van der Waals surface area contributed by atoms with Crippen molar-refractivity contribution < 1.29 is 14.4 Å². The molecule has 8 heteroatoms. The summed E-state index contributed by atoms with van der Waals surface area (Å²) in [5.74, 6) is -0.861. The number of hydrogen-bond acceptors (Lipinski definition) is 5. The highest BCUT2D eigenvalue weighted by atomic mass is 35.5. The van der Waals surface area contributed by atoms with Crippen molar-refractivity contribution in [2.24, 2.45) is 4.99 Å². The number of carbonyl (C=O) groups is 3. The Bertz CT molecular complexity index is 997. The first-order valence-corrected chi connectivity index (χ1v) is 8.88. The molecule has 0 saturated heterocycles. The van der Waals surface area contributed by atoms with Crippen molar-refractivity contribution in [3.05, 3.63) is 70.1 Å². The zero-order valence-corrected chi connectivity index (χ0v) is 15.8. The van der Waals surface area contributed by atoms with Crippen LogP contribution in [0.1, 0.15) is 22.3 Å². The van der Waals surface area contributed by atoms with E-state index < -0.39 is 5.91 Å². The molecule has 0 aliphatic carbocycles. The summed E-state index contributed by atoms with van der Waals surface area (Å²) in [4.78, 5) is 44.3. The summed E-state index contributed by atoms with van der Waals surface area (Å²) in [6, 6.07) is 10.1. The minimum absolute atomic E-state index is 0.0791. The third-order valence-corrected chi connectivity index (χ3v) is 4.35. The molecule has 1 aromatic carbocycles. The molecule has 0 radical (unpaired) electrons. The van der Waals surface area contributed by atoms with Crippen LogP contribution in [0.25, 0.3) is 0 Å². The number of pyridine rings is 1. The van der Waals surface area contributed by atoms with Crippen LogP contribution in [0.3, 0.4) is 0 Å². The van der Waals surface area contributed by atoms with Gasteiger partial charge in [0.2, 0.25) is 0 Å². The molecule has 0 fully saturated rings. The number of aliphatic imine (C=N–C) groups is 1. The number of carbonyl (C=O) groups excluding carboxylic acids is 3. The standard InChI is InChI=1S/C20H17ClN4O3/c1-22-20(28)18-15(7-9-24-18)19(27)25-14-4-2-12(3-5-14)10-16(26)13-6-8-23-17(21)11-13/h2-6,8-9,11H,7,10H2,1H3,(H,22,28)(H,25,27). The molecule has 0 spiro atoms. The van der Waals surface area contributed by atoms with Gasteiger partial charge in [-0.15, -0.1) is 0 Å². The van der Waals surface area contributed by atoms with Crippen molar-refractivity contribution in [2.45, 2.75) is 12.8 Å². The second kappa shape index (κ2) is 8.58. The molecule has 2 aromatic rings. The molecule has 142 valence electrons. The number of ketones is 1. The first-order valence-electron chi connectivity index (χ1n) is 8.50. The van der Waals surface area contributed by atoms with Gasteiger partial charge in [0.25, 0.3) is 11.8 Å². The lowest BCUT2D eigenvalue weighted by Gasteiger charge is -2.08. The van der Waals surface area contributed by atoms with E-state index in [0.29, 0.717) is 23.2 Å². The molecule has 2 heterocycles. The molecule has 0 bridgehead atoms. The maximum Gasteiger partial charge on any atom is 0.270 e. The lowest BCUT2D eigenvalue weighted by atomic mass is 10.0. The molecule has 0 unspecified atom stereocenters. The van der Waals surface area contributed by atoms with Gasteiger partial charge in [-0.05, 0) is 29.8 Å². The predicted molar refractivity (Wildman–Crippen MR) is 107 cm³/mol. The Morgan fingerprint density at radius 1 is 1.11 bits per heavy atom. The van der Waals surface area contributed by atoms with E-state index in [1.807, 2.05) is 0 Å². The molecular formula is C20H17ClN4O3. The van der Waals surface area contributed by atoms with Gasteiger partial charge in [0.15, 0.2) is 5.78 Å². The van der Waals surface area contributed by atoms with Crippen molar-refractivity contribution in [1.82, 2.24) is 10.3 Å². The first-order chi connectivity index (χ1) is 13.5. The SMILES string of the molecule is CNC(=O)C1=C(C(=O)Nc2ccc(CC(=O)c3ccnc(Cl)c3)cc2)CC=N1. The molecule has 28 heavy (non-hydrogen) atoms. The molecule has 2 N–H and O–H groups in total. The molecular weight excluding hydrogens is 380 g/mol. The van der Waals surface area contributed by atoms with Crippen LogP contribution in [0.4, 0.5) is 5.69 Å². The molecule has 0 saturated carbocycles. The topological polar surface area (TPSA) is 101 Å². The van der Waals surface area contributed by atoms with Gasteiger partial charge in [0, 0.05) is 43.6 Å². The van der Waals surface area contributed by atoms with Gasteiger partial charge < -0.3 is 10.6 Å². The van der Waals surface area contributed by atoms with Gasteiger partial charge in [-0.25, -0.2) is 4.98 Å². The quantitative estimate of drug-likeness (QED) is 0.578. The Balaban J connectivity index is 1.65. The number of aromatic nitrogens is 1. The summed E-state index contributed by atoms with van der Waals surface area (Å²) < 4.78 is 0. The monoisotopic (exact) mass is 396 g/mol. The molecule has 2 amide bonds. The highest BCUT2D eigenvalue weighted by Crippen LogP contribution is 2.19. The normalized spacial score (nSPS) is 12.8. The maximum absolute atomic E-state index is 12.4. The zero-order valence-electron chi connectivity index (χ0n) is 15.0. The summed E-state index contributed by atoms with van der Waals surface area (Å²) in [5.41, 5.74) is 2.29. The van der Waals surface area contributed by atoms with Crippen molar-refractivity contribution in [2.75, 3.05) is 12.4 Å². The molecule has 1 aliphatic rings. The van der Waals surface area contributed by atoms with E-state index in [9.17, 15) is 14.4 Å². The number of likely N-dealkylation sites (N-methyl/N-ethyl adjacent to an activating group) is 1.